The minimum Gasteiger partial charge on any atom is -0.378 e. The van der Waals surface area contributed by atoms with Crippen molar-refractivity contribution in [3.63, 3.8) is 0 Å². The van der Waals surface area contributed by atoms with Crippen LogP contribution in [0.5, 0.6) is 0 Å². The van der Waals surface area contributed by atoms with E-state index in [2.05, 4.69) is 75.3 Å². The van der Waals surface area contributed by atoms with Crippen molar-refractivity contribution in [3.05, 3.63) is 61.5 Å². The van der Waals surface area contributed by atoms with Crippen molar-refractivity contribution in [1.82, 2.24) is 0 Å². The maximum absolute atomic E-state index is 6.31. The van der Waals surface area contributed by atoms with Gasteiger partial charge in [0.15, 0.2) is 0 Å². The largest absolute Gasteiger partial charge is 0.378 e. The summed E-state index contributed by atoms with van der Waals surface area (Å²) < 4.78 is 2.10. The van der Waals surface area contributed by atoms with E-state index in [0.717, 1.165) is 31.6 Å². The molecule has 0 aliphatic heterocycles. The number of hydrogen-bond donors (Lipinski definition) is 1. The van der Waals surface area contributed by atoms with Crippen LogP contribution in [0.25, 0.3) is 0 Å². The summed E-state index contributed by atoms with van der Waals surface area (Å²) >= 11 is 13.3. The SMILES string of the molecule is CCc1cc(Br)ccc1NC(C)c1ccc(Br)cc1Cl. The van der Waals surface area contributed by atoms with E-state index in [1.165, 1.54) is 5.56 Å². The molecule has 0 aliphatic rings. The second kappa shape index (κ2) is 6.97. The molecule has 1 unspecified atom stereocenters. The summed E-state index contributed by atoms with van der Waals surface area (Å²) in [5.41, 5.74) is 3.54. The topological polar surface area (TPSA) is 12.0 Å². The van der Waals surface area contributed by atoms with E-state index in [4.69, 9.17) is 11.6 Å². The smallest absolute Gasteiger partial charge is 0.0500 e. The Morgan fingerprint density at radius 1 is 1.10 bits per heavy atom. The van der Waals surface area contributed by atoms with Gasteiger partial charge in [0.1, 0.15) is 0 Å². The summed E-state index contributed by atoms with van der Waals surface area (Å²) in [6.07, 6.45) is 0.989. The summed E-state index contributed by atoms with van der Waals surface area (Å²) in [6.45, 7) is 4.28. The first-order chi connectivity index (χ1) is 9.51. The van der Waals surface area contributed by atoms with E-state index in [1.54, 1.807) is 0 Å². The lowest BCUT2D eigenvalue weighted by molar-refractivity contribution is 0.879. The van der Waals surface area contributed by atoms with Crippen molar-refractivity contribution in [2.45, 2.75) is 26.3 Å². The van der Waals surface area contributed by atoms with Gasteiger partial charge < -0.3 is 5.32 Å². The standard InChI is InChI=1S/C16H16Br2ClN/c1-3-11-8-12(17)5-7-16(11)20-10(2)14-6-4-13(18)9-15(14)19/h4-10,20H,3H2,1-2H3. The number of hydrogen-bond acceptors (Lipinski definition) is 1. The van der Waals surface area contributed by atoms with Gasteiger partial charge in [0.2, 0.25) is 0 Å². The molecule has 0 heterocycles. The van der Waals surface area contributed by atoms with Crippen LogP contribution in [0.1, 0.15) is 31.0 Å². The van der Waals surface area contributed by atoms with Gasteiger partial charge in [-0.3, -0.25) is 0 Å². The summed E-state index contributed by atoms with van der Waals surface area (Å²) in [7, 11) is 0. The fourth-order valence-electron chi connectivity index (χ4n) is 2.16. The fraction of sp³-hybridized carbons (Fsp3) is 0.250. The van der Waals surface area contributed by atoms with Gasteiger partial charge in [-0.1, -0.05) is 56.5 Å². The van der Waals surface area contributed by atoms with Gasteiger partial charge in [-0.05, 0) is 54.8 Å². The van der Waals surface area contributed by atoms with Crippen LogP contribution in [0, 0.1) is 0 Å². The molecule has 0 aromatic heterocycles. The third-order valence-electron chi connectivity index (χ3n) is 3.25. The van der Waals surface area contributed by atoms with Gasteiger partial charge in [0, 0.05) is 19.7 Å². The molecule has 0 saturated heterocycles. The maximum Gasteiger partial charge on any atom is 0.0500 e. The predicted molar refractivity (Wildman–Crippen MR) is 94.7 cm³/mol. The minimum atomic E-state index is 0.155. The molecule has 2 aromatic carbocycles. The highest BCUT2D eigenvalue weighted by molar-refractivity contribution is 9.10. The van der Waals surface area contributed by atoms with Crippen molar-refractivity contribution in [2.75, 3.05) is 5.32 Å². The van der Waals surface area contributed by atoms with Gasteiger partial charge in [-0.25, -0.2) is 0 Å². The first-order valence-electron chi connectivity index (χ1n) is 6.51. The highest BCUT2D eigenvalue weighted by Crippen LogP contribution is 2.30. The van der Waals surface area contributed by atoms with Crippen molar-refractivity contribution in [3.8, 4) is 0 Å². The Kier molecular flexibility index (Phi) is 5.53. The zero-order chi connectivity index (χ0) is 14.7. The van der Waals surface area contributed by atoms with E-state index in [1.807, 2.05) is 12.1 Å². The lowest BCUT2D eigenvalue weighted by atomic mass is 10.1. The molecule has 2 aromatic rings. The van der Waals surface area contributed by atoms with Gasteiger partial charge in [0.25, 0.3) is 0 Å². The van der Waals surface area contributed by atoms with Crippen LogP contribution in [0.3, 0.4) is 0 Å². The van der Waals surface area contributed by atoms with Crippen LogP contribution in [0.15, 0.2) is 45.3 Å². The first-order valence-corrected chi connectivity index (χ1v) is 8.47. The Morgan fingerprint density at radius 2 is 1.75 bits per heavy atom. The number of rotatable bonds is 4. The van der Waals surface area contributed by atoms with Crippen LogP contribution in [0.2, 0.25) is 5.02 Å². The van der Waals surface area contributed by atoms with Gasteiger partial charge >= 0.3 is 0 Å². The molecule has 1 N–H and O–H groups in total. The van der Waals surface area contributed by atoms with Gasteiger partial charge in [-0.15, -0.1) is 0 Å². The van der Waals surface area contributed by atoms with E-state index >= 15 is 0 Å². The number of nitrogens with one attached hydrogen (secondary N) is 1. The molecule has 20 heavy (non-hydrogen) atoms. The fourth-order valence-corrected chi connectivity index (χ4v) is 3.40. The molecule has 2 rings (SSSR count). The molecule has 0 aliphatic carbocycles. The lowest BCUT2D eigenvalue weighted by Crippen LogP contribution is -2.09. The molecule has 0 fully saturated rings. The molecule has 0 bridgehead atoms. The molecular formula is C16H16Br2ClN. The second-order valence-electron chi connectivity index (χ2n) is 4.69. The molecule has 0 radical (unpaired) electrons. The summed E-state index contributed by atoms with van der Waals surface area (Å²) in [6, 6.07) is 12.5. The van der Waals surface area contributed by atoms with Crippen molar-refractivity contribution in [2.24, 2.45) is 0 Å². The second-order valence-corrected chi connectivity index (χ2v) is 6.93. The van der Waals surface area contributed by atoms with E-state index in [-0.39, 0.29) is 6.04 Å². The quantitative estimate of drug-likeness (QED) is 0.591. The predicted octanol–water partition coefficient (Wildman–Crippen LogP) is 6.60. The van der Waals surface area contributed by atoms with E-state index in [9.17, 15) is 0 Å². The van der Waals surface area contributed by atoms with Crippen LogP contribution in [0.4, 0.5) is 5.69 Å². The van der Waals surface area contributed by atoms with E-state index in [0.29, 0.717) is 0 Å². The third-order valence-corrected chi connectivity index (χ3v) is 4.56. The maximum atomic E-state index is 6.31. The molecule has 1 nitrogen and oxygen atoms in total. The zero-order valence-corrected chi connectivity index (χ0v) is 15.3. The molecule has 4 heteroatoms. The van der Waals surface area contributed by atoms with Crippen molar-refractivity contribution < 1.29 is 0 Å². The summed E-state index contributed by atoms with van der Waals surface area (Å²) in [5.74, 6) is 0. The minimum absolute atomic E-state index is 0.155. The highest BCUT2D eigenvalue weighted by atomic mass is 79.9. The Morgan fingerprint density at radius 3 is 2.40 bits per heavy atom. The zero-order valence-electron chi connectivity index (χ0n) is 11.4. The Bertz CT molecular complexity index is 613. The van der Waals surface area contributed by atoms with Crippen LogP contribution >= 0.6 is 43.5 Å². The Hall–Kier alpha value is -0.510. The average Bonchev–Trinajstić information content (AvgIpc) is 2.40. The van der Waals surface area contributed by atoms with Crippen LogP contribution < -0.4 is 5.32 Å². The van der Waals surface area contributed by atoms with Crippen molar-refractivity contribution >= 4 is 49.1 Å². The molecule has 0 saturated carbocycles. The van der Waals surface area contributed by atoms with Gasteiger partial charge in [-0.2, -0.15) is 0 Å². The Labute approximate surface area is 142 Å². The number of benzene rings is 2. The third kappa shape index (κ3) is 3.78. The van der Waals surface area contributed by atoms with E-state index < -0.39 is 0 Å². The highest BCUT2D eigenvalue weighted by Gasteiger charge is 2.11. The average molecular weight is 418 g/mol. The molecule has 1 atom stereocenters. The monoisotopic (exact) mass is 415 g/mol. The van der Waals surface area contributed by atoms with Crippen LogP contribution in [-0.2, 0) is 6.42 Å². The molecule has 106 valence electrons. The lowest BCUT2D eigenvalue weighted by Gasteiger charge is -2.19. The number of halogens is 3. The van der Waals surface area contributed by atoms with Crippen molar-refractivity contribution in [1.29, 1.82) is 0 Å². The molecule has 0 amide bonds. The normalized spacial score (nSPS) is 12.2. The number of anilines is 1. The number of aryl methyl sites for hydroxylation is 1. The molecular weight excluding hydrogens is 401 g/mol. The summed E-state index contributed by atoms with van der Waals surface area (Å²) in [4.78, 5) is 0. The first kappa shape index (κ1) is 15.9. The summed E-state index contributed by atoms with van der Waals surface area (Å²) in [5, 5.41) is 4.32. The molecule has 0 spiro atoms. The van der Waals surface area contributed by atoms with Gasteiger partial charge in [0.05, 0.1) is 6.04 Å². The Balaban J connectivity index is 2.25. The van der Waals surface area contributed by atoms with Crippen LogP contribution in [-0.4, -0.2) is 0 Å².